The molecule has 1 aromatic heterocycles. The highest BCUT2D eigenvalue weighted by Crippen LogP contribution is 2.28. The zero-order chi connectivity index (χ0) is 59.3. The number of primary amides is 1. The van der Waals surface area contributed by atoms with Crippen LogP contribution in [0.1, 0.15) is 69.1 Å². The Hall–Kier alpha value is -7.44. The minimum atomic E-state index is -0.833. The van der Waals surface area contributed by atoms with Gasteiger partial charge in [0.1, 0.15) is 12.4 Å². The number of ether oxygens (including phenoxy) is 7. The van der Waals surface area contributed by atoms with Crippen LogP contribution >= 0.6 is 0 Å². The summed E-state index contributed by atoms with van der Waals surface area (Å²) in [6.07, 6.45) is 11.7. The highest BCUT2D eigenvalue weighted by atomic mass is 16.6. The number of imide groups is 1. The first kappa shape index (κ1) is 64.1. The highest BCUT2D eigenvalue weighted by Gasteiger charge is 2.30. The molecule has 0 spiro atoms. The van der Waals surface area contributed by atoms with Crippen molar-refractivity contribution in [2.75, 3.05) is 109 Å². The number of carbonyl (C=O) groups excluding carboxylic acids is 6. The van der Waals surface area contributed by atoms with E-state index >= 15 is 0 Å². The lowest BCUT2D eigenvalue weighted by molar-refractivity contribution is -0.137. The first-order valence-corrected chi connectivity index (χ1v) is 29.0. The first-order chi connectivity index (χ1) is 40.9. The minimum absolute atomic E-state index is 0.0209. The summed E-state index contributed by atoms with van der Waals surface area (Å²) in [6.45, 7) is 10.1. The van der Waals surface area contributed by atoms with Crippen LogP contribution in [0.3, 0.4) is 0 Å². The summed E-state index contributed by atoms with van der Waals surface area (Å²) in [6, 6.07) is 22.6. The number of likely N-dealkylation sites (tertiary alicyclic amines) is 1. The number of ketones is 1. The van der Waals surface area contributed by atoms with Crippen LogP contribution in [-0.2, 0) is 72.0 Å². The van der Waals surface area contributed by atoms with E-state index in [1.54, 1.807) is 6.20 Å². The van der Waals surface area contributed by atoms with Crippen LogP contribution in [0.2, 0.25) is 0 Å². The van der Waals surface area contributed by atoms with Crippen molar-refractivity contribution < 1.29 is 61.9 Å². The molecule has 4 heterocycles. The molecule has 1 saturated heterocycles. The molecule has 84 heavy (non-hydrogen) atoms. The van der Waals surface area contributed by atoms with Crippen molar-refractivity contribution in [2.24, 2.45) is 17.6 Å². The maximum atomic E-state index is 13.9. The molecule has 3 aromatic carbocycles. The van der Waals surface area contributed by atoms with Crippen molar-refractivity contribution in [2.45, 2.75) is 84.1 Å². The van der Waals surface area contributed by atoms with Crippen molar-refractivity contribution in [1.82, 2.24) is 30.4 Å². The number of anilines is 3. The molecule has 6 amide bonds. The molecule has 3 aliphatic heterocycles. The van der Waals surface area contributed by atoms with Gasteiger partial charge >= 0.3 is 6.03 Å². The van der Waals surface area contributed by atoms with Gasteiger partial charge in [-0.2, -0.15) is 0 Å². The van der Waals surface area contributed by atoms with Crippen LogP contribution in [-0.4, -0.2) is 166 Å². The maximum Gasteiger partial charge on any atom is 0.312 e. The third-order valence-corrected chi connectivity index (χ3v) is 14.3. The van der Waals surface area contributed by atoms with Crippen LogP contribution in [0.15, 0.2) is 103 Å². The maximum absolute atomic E-state index is 13.9. The predicted octanol–water partition coefficient (Wildman–Crippen LogP) is 6.06. The quantitative estimate of drug-likeness (QED) is 0.0211. The van der Waals surface area contributed by atoms with Crippen LogP contribution in [0, 0.1) is 11.8 Å². The van der Waals surface area contributed by atoms with Crippen molar-refractivity contribution >= 4 is 52.8 Å². The fraction of sp³-hybridized carbons (Fsp3) is 0.484. The molecule has 1 unspecified atom stereocenters. The Morgan fingerprint density at radius 2 is 1.52 bits per heavy atom. The highest BCUT2D eigenvalue weighted by molar-refractivity contribution is 6.12. The number of Topliss-reactive ketones (excluding diaryl/α,β-unsaturated/α-hetero) is 1. The van der Waals surface area contributed by atoms with E-state index in [0.29, 0.717) is 90.0 Å². The normalized spacial score (nSPS) is 16.6. The molecule has 3 aliphatic rings. The van der Waals surface area contributed by atoms with E-state index in [1.807, 2.05) is 92.7 Å². The third kappa shape index (κ3) is 22.0. The number of rotatable bonds is 32. The smallest absolute Gasteiger partial charge is 0.312 e. The molecule has 4 aromatic rings. The summed E-state index contributed by atoms with van der Waals surface area (Å²) in [4.78, 5) is 88.2. The Labute approximate surface area is 491 Å². The number of aromatic nitrogens is 2. The Balaban J connectivity index is 0.828. The molecule has 0 saturated carbocycles. The fourth-order valence-electron chi connectivity index (χ4n) is 9.85. The van der Waals surface area contributed by atoms with Gasteiger partial charge in [0, 0.05) is 78.7 Å². The summed E-state index contributed by atoms with van der Waals surface area (Å²) in [5, 5.41) is 11.8. The zero-order valence-electron chi connectivity index (χ0n) is 48.3. The number of hydrogen-bond acceptors (Lipinski definition) is 17. The van der Waals surface area contributed by atoms with Gasteiger partial charge in [0.25, 0.3) is 11.8 Å². The van der Waals surface area contributed by atoms with Crippen LogP contribution in [0.5, 0.6) is 5.75 Å². The van der Waals surface area contributed by atoms with Gasteiger partial charge in [-0.25, -0.2) is 14.8 Å². The summed E-state index contributed by atoms with van der Waals surface area (Å²) < 4.78 is 40.4. The topological polar surface area (TPSA) is 273 Å². The van der Waals surface area contributed by atoms with Gasteiger partial charge in [0.2, 0.25) is 17.8 Å². The summed E-state index contributed by atoms with van der Waals surface area (Å²) in [5.41, 5.74) is 11.5. The number of nitrogens with two attached hydrogens (primary N) is 1. The van der Waals surface area contributed by atoms with E-state index < -0.39 is 18.0 Å². The van der Waals surface area contributed by atoms with Crippen molar-refractivity contribution in [3.05, 3.63) is 120 Å². The monoisotopic (exact) mass is 1160 g/mol. The van der Waals surface area contributed by atoms with Gasteiger partial charge in [0.05, 0.1) is 97.6 Å². The van der Waals surface area contributed by atoms with Crippen molar-refractivity contribution in [3.63, 3.8) is 0 Å². The molecular weight excluding hydrogens is 1080 g/mol. The van der Waals surface area contributed by atoms with Gasteiger partial charge in [-0.1, -0.05) is 56.3 Å². The Bertz CT molecular complexity index is 2810. The number of benzene rings is 3. The molecule has 0 radical (unpaired) electrons. The third-order valence-electron chi connectivity index (χ3n) is 14.3. The van der Waals surface area contributed by atoms with Crippen LogP contribution in [0.25, 0.3) is 11.3 Å². The summed E-state index contributed by atoms with van der Waals surface area (Å²) in [7, 11) is 0. The number of fused-ring (bicyclic) bond motifs is 7. The van der Waals surface area contributed by atoms with E-state index in [-0.39, 0.29) is 87.7 Å². The van der Waals surface area contributed by atoms with Gasteiger partial charge < -0.3 is 60.2 Å². The number of carbonyl (C=O) groups is 6. The second kappa shape index (κ2) is 35.0. The standard InChI is InChI=1S/C62H81N9O13/c1-44(2)59(69-56(73)21-29-78-32-34-80-36-37-81-35-33-79-30-26-71-57(74)18-19-58(71)75)54(72)41-48(10-6-22-64-61(63)77)60(76)66-50-14-12-45(13-15-50)39-52-11-7-24-70(52)25-31-84-55-17-16-51-40-49(55)43-83-28-4-3-27-82-42-46-8-5-9-47(38-46)53-20-23-65-62(67-51)68-53/h3-5,8-9,12-20,23,38,40,44,48,52,59H,6-7,10-11,21-22,24-37,39,41-43H2,1-2H3,(H,66,76)(H,69,73)(H3,63,64,77)(H,65,67,68)/b4-3+/t48-,52?,59+/m1/s1. The second-order valence-electron chi connectivity index (χ2n) is 20.9. The van der Waals surface area contributed by atoms with E-state index in [2.05, 4.69) is 37.2 Å². The lowest BCUT2D eigenvalue weighted by Crippen LogP contribution is -2.45. The van der Waals surface area contributed by atoms with Gasteiger partial charge in [-0.3, -0.25) is 33.8 Å². The largest absolute Gasteiger partial charge is 0.492 e. The number of nitrogens with zero attached hydrogens (tertiary/aromatic N) is 4. The number of urea groups is 1. The van der Waals surface area contributed by atoms with Crippen molar-refractivity contribution in [3.8, 4) is 17.0 Å². The molecule has 452 valence electrons. The summed E-state index contributed by atoms with van der Waals surface area (Å²) >= 11 is 0. The van der Waals surface area contributed by atoms with Gasteiger partial charge in [-0.15, -0.1) is 0 Å². The molecule has 1 fully saturated rings. The van der Waals surface area contributed by atoms with Crippen molar-refractivity contribution in [1.29, 1.82) is 0 Å². The summed E-state index contributed by atoms with van der Waals surface area (Å²) in [5.74, 6) is -1.45. The average Bonchev–Trinajstić information content (AvgIpc) is 4.21. The lowest BCUT2D eigenvalue weighted by Gasteiger charge is -2.25. The molecule has 0 aliphatic carbocycles. The van der Waals surface area contributed by atoms with E-state index in [9.17, 15) is 28.8 Å². The number of nitrogens with one attached hydrogen (secondary N) is 4. The molecule has 22 heteroatoms. The molecule has 7 rings (SSSR count). The average molecular weight is 1160 g/mol. The lowest BCUT2D eigenvalue weighted by atomic mass is 9.89. The number of amides is 6. The SMILES string of the molecule is CC(C)[C@H](NC(=O)CCOCCOCCOCCOCCN1C(=O)C=CC1=O)C(=O)C[C@@H](CCCNC(N)=O)C(=O)Nc1ccc(CC2CCCN2CCOc2ccc3cc2COC/C=C/COCc2cccc(c2)-c2ccnc(n2)N3)cc1. The second-order valence-corrected chi connectivity index (χ2v) is 20.9. The van der Waals surface area contributed by atoms with E-state index in [1.165, 1.54) is 12.2 Å². The minimum Gasteiger partial charge on any atom is -0.492 e. The van der Waals surface area contributed by atoms with Gasteiger partial charge in [0.15, 0.2) is 5.78 Å². The zero-order valence-corrected chi connectivity index (χ0v) is 48.3. The van der Waals surface area contributed by atoms with Crippen LogP contribution in [0.4, 0.5) is 22.1 Å². The van der Waals surface area contributed by atoms with Crippen LogP contribution < -0.4 is 31.7 Å². The Morgan fingerprint density at radius 3 is 2.25 bits per heavy atom. The number of hydrogen-bond donors (Lipinski definition) is 5. The molecule has 6 bridgehead atoms. The Morgan fingerprint density at radius 1 is 0.810 bits per heavy atom. The van der Waals surface area contributed by atoms with E-state index in [0.717, 1.165) is 76.6 Å². The molecule has 6 N–H and O–H groups in total. The predicted molar refractivity (Wildman–Crippen MR) is 315 cm³/mol. The van der Waals surface area contributed by atoms with Gasteiger partial charge in [-0.05, 0) is 98.2 Å². The molecule has 22 nitrogen and oxygen atoms in total. The molecular formula is C62H81N9O13. The molecule has 3 atom stereocenters. The van der Waals surface area contributed by atoms with E-state index in [4.69, 9.17) is 43.9 Å². The first-order valence-electron chi connectivity index (χ1n) is 29.0. The fourth-order valence-corrected chi connectivity index (χ4v) is 9.85. The Kier molecular flexibility index (Phi) is 26.7.